The molecule has 0 atom stereocenters. The minimum Gasteiger partial charge on any atom is -0.453 e. The summed E-state index contributed by atoms with van der Waals surface area (Å²) in [6.45, 7) is 2.15. The lowest BCUT2D eigenvalue weighted by molar-refractivity contribution is 0.150. The van der Waals surface area contributed by atoms with Gasteiger partial charge in [-0.25, -0.2) is 4.79 Å². The van der Waals surface area contributed by atoms with E-state index in [0.717, 1.165) is 19.3 Å². The molecule has 0 radical (unpaired) electrons. The van der Waals surface area contributed by atoms with Gasteiger partial charge in [0.15, 0.2) is 5.84 Å². The highest BCUT2D eigenvalue weighted by molar-refractivity contribution is 5.92. The summed E-state index contributed by atoms with van der Waals surface area (Å²) in [5, 5.41) is 14.6. The van der Waals surface area contributed by atoms with Crippen LogP contribution in [0.25, 0.3) is 0 Å². The lowest BCUT2D eigenvalue weighted by atomic mass is 9.75. The molecule has 98 valence electrons. The quantitative estimate of drug-likeness (QED) is 0.302. The first-order chi connectivity index (χ1) is 8.07. The number of carbonyl (C=O) groups is 1. The van der Waals surface area contributed by atoms with Gasteiger partial charge >= 0.3 is 6.09 Å². The number of oxime groups is 1. The first kappa shape index (κ1) is 13.6. The molecule has 0 saturated heterocycles. The largest absolute Gasteiger partial charge is 0.453 e. The molecule has 1 aliphatic carbocycles. The fourth-order valence-corrected chi connectivity index (χ4v) is 2.37. The zero-order chi connectivity index (χ0) is 12.9. The van der Waals surface area contributed by atoms with E-state index in [1.807, 2.05) is 0 Å². The van der Waals surface area contributed by atoms with Gasteiger partial charge in [-0.05, 0) is 31.6 Å². The number of nitrogens with one attached hydrogen (secondary N) is 1. The number of hydrogen-bond donors (Lipinski definition) is 3. The number of rotatable bonds is 3. The molecule has 17 heavy (non-hydrogen) atoms. The fraction of sp³-hybridized carbons (Fsp3) is 0.818. The number of alkyl carbamates (subject to hydrolysis) is 1. The molecule has 0 unspecified atom stereocenters. The average Bonchev–Trinajstić information content (AvgIpc) is 2.38. The third-order valence-electron chi connectivity index (χ3n) is 3.66. The van der Waals surface area contributed by atoms with Crippen LogP contribution in [-0.4, -0.2) is 29.8 Å². The van der Waals surface area contributed by atoms with Gasteiger partial charge in [-0.3, -0.25) is 0 Å². The van der Waals surface area contributed by atoms with Crippen molar-refractivity contribution in [2.24, 2.45) is 16.8 Å². The molecule has 1 fully saturated rings. The van der Waals surface area contributed by atoms with Crippen LogP contribution in [-0.2, 0) is 4.74 Å². The number of methoxy groups -OCH3 is 1. The van der Waals surface area contributed by atoms with E-state index < -0.39 is 11.6 Å². The predicted octanol–water partition coefficient (Wildman–Crippen LogP) is 1.43. The van der Waals surface area contributed by atoms with Crippen LogP contribution in [0.15, 0.2) is 5.16 Å². The number of nitrogens with zero attached hydrogens (tertiary/aromatic N) is 1. The van der Waals surface area contributed by atoms with E-state index >= 15 is 0 Å². The molecule has 0 aliphatic heterocycles. The van der Waals surface area contributed by atoms with Gasteiger partial charge in [0, 0.05) is 0 Å². The molecule has 0 aromatic heterocycles. The molecule has 1 aliphatic rings. The molecule has 0 heterocycles. The molecular formula is C11H21N3O3. The summed E-state index contributed by atoms with van der Waals surface area (Å²) in [5.41, 5.74) is 4.95. The Kier molecular flexibility index (Phi) is 4.60. The zero-order valence-electron chi connectivity index (χ0n) is 10.4. The predicted molar refractivity (Wildman–Crippen MR) is 63.9 cm³/mol. The zero-order valence-corrected chi connectivity index (χ0v) is 10.4. The molecule has 1 rings (SSSR count). The second-order valence-corrected chi connectivity index (χ2v) is 4.54. The highest BCUT2D eigenvalue weighted by Crippen LogP contribution is 2.34. The van der Waals surface area contributed by atoms with Crippen molar-refractivity contribution in [3.05, 3.63) is 0 Å². The summed E-state index contributed by atoms with van der Waals surface area (Å²) >= 11 is 0. The summed E-state index contributed by atoms with van der Waals surface area (Å²) < 4.78 is 4.58. The van der Waals surface area contributed by atoms with E-state index in [9.17, 15) is 4.79 Å². The normalized spacial score (nSPS) is 29.8. The standard InChI is InChI=1S/C11H21N3O3/c1-3-8-4-6-11(7-5-8,9(12)14-16)13-10(15)17-2/h8,16H,3-7H2,1-2H3,(H2,12,14)(H,13,15). The molecule has 0 aromatic carbocycles. The summed E-state index contributed by atoms with van der Waals surface area (Å²) in [4.78, 5) is 11.3. The Morgan fingerprint density at radius 2 is 2.18 bits per heavy atom. The van der Waals surface area contributed by atoms with E-state index in [1.165, 1.54) is 7.11 Å². The highest BCUT2D eigenvalue weighted by Gasteiger charge is 2.40. The van der Waals surface area contributed by atoms with Crippen LogP contribution >= 0.6 is 0 Å². The Hall–Kier alpha value is -1.46. The molecule has 0 spiro atoms. The molecular weight excluding hydrogens is 222 g/mol. The van der Waals surface area contributed by atoms with Crippen LogP contribution in [0.1, 0.15) is 39.0 Å². The van der Waals surface area contributed by atoms with E-state index in [-0.39, 0.29) is 5.84 Å². The maximum Gasteiger partial charge on any atom is 0.407 e. The lowest BCUT2D eigenvalue weighted by Crippen LogP contribution is -2.59. The first-order valence-electron chi connectivity index (χ1n) is 5.92. The SMILES string of the molecule is CCC1CCC(NC(=O)OC)(/C(N)=N/O)CC1. The van der Waals surface area contributed by atoms with Crippen LogP contribution in [0.4, 0.5) is 4.79 Å². The van der Waals surface area contributed by atoms with Gasteiger partial charge in [0.2, 0.25) is 0 Å². The average molecular weight is 243 g/mol. The Morgan fingerprint density at radius 1 is 1.59 bits per heavy atom. The van der Waals surface area contributed by atoms with Gasteiger partial charge in [0.05, 0.1) is 7.11 Å². The summed E-state index contributed by atoms with van der Waals surface area (Å²) in [6, 6.07) is 0. The van der Waals surface area contributed by atoms with E-state index in [1.54, 1.807) is 0 Å². The number of amidine groups is 1. The van der Waals surface area contributed by atoms with Crippen molar-refractivity contribution in [2.45, 2.75) is 44.6 Å². The molecule has 0 bridgehead atoms. The maximum absolute atomic E-state index is 11.3. The van der Waals surface area contributed by atoms with Crippen LogP contribution in [0, 0.1) is 5.92 Å². The van der Waals surface area contributed by atoms with Crippen molar-refractivity contribution in [1.82, 2.24) is 5.32 Å². The van der Waals surface area contributed by atoms with Crippen molar-refractivity contribution in [3.63, 3.8) is 0 Å². The summed E-state index contributed by atoms with van der Waals surface area (Å²) in [5.74, 6) is 0.700. The lowest BCUT2D eigenvalue weighted by Gasteiger charge is -2.39. The van der Waals surface area contributed by atoms with Crippen molar-refractivity contribution >= 4 is 11.9 Å². The van der Waals surface area contributed by atoms with Gasteiger partial charge in [0.25, 0.3) is 0 Å². The second kappa shape index (κ2) is 5.75. The second-order valence-electron chi connectivity index (χ2n) is 4.54. The molecule has 1 amide bonds. The van der Waals surface area contributed by atoms with Gasteiger partial charge < -0.3 is 21.0 Å². The minimum absolute atomic E-state index is 0.0532. The van der Waals surface area contributed by atoms with Gasteiger partial charge in [-0.2, -0.15) is 0 Å². The van der Waals surface area contributed by atoms with Crippen molar-refractivity contribution in [1.29, 1.82) is 0 Å². The molecule has 6 nitrogen and oxygen atoms in total. The Morgan fingerprint density at radius 3 is 2.59 bits per heavy atom. The topological polar surface area (TPSA) is 96.9 Å². The highest BCUT2D eigenvalue weighted by atomic mass is 16.5. The molecule has 4 N–H and O–H groups in total. The Labute approximate surface area is 101 Å². The summed E-state index contributed by atoms with van der Waals surface area (Å²) in [6.07, 6.45) is 3.83. The van der Waals surface area contributed by atoms with Crippen LogP contribution in [0.3, 0.4) is 0 Å². The van der Waals surface area contributed by atoms with Crippen LogP contribution < -0.4 is 11.1 Å². The van der Waals surface area contributed by atoms with E-state index in [0.29, 0.717) is 18.8 Å². The fourth-order valence-electron chi connectivity index (χ4n) is 2.37. The summed E-state index contributed by atoms with van der Waals surface area (Å²) in [7, 11) is 1.30. The van der Waals surface area contributed by atoms with Crippen molar-refractivity contribution < 1.29 is 14.7 Å². The van der Waals surface area contributed by atoms with E-state index in [2.05, 4.69) is 22.1 Å². The molecule has 0 aromatic rings. The van der Waals surface area contributed by atoms with Gasteiger partial charge in [-0.15, -0.1) is 0 Å². The number of ether oxygens (including phenoxy) is 1. The number of amides is 1. The third kappa shape index (κ3) is 3.01. The Balaban J connectivity index is 2.78. The number of nitrogens with two attached hydrogens (primary N) is 1. The van der Waals surface area contributed by atoms with Crippen molar-refractivity contribution in [3.8, 4) is 0 Å². The van der Waals surface area contributed by atoms with Gasteiger partial charge in [-0.1, -0.05) is 18.5 Å². The Bertz CT molecular complexity index is 296. The van der Waals surface area contributed by atoms with Crippen LogP contribution in [0.5, 0.6) is 0 Å². The minimum atomic E-state index is -0.756. The maximum atomic E-state index is 11.3. The monoisotopic (exact) mass is 243 g/mol. The molecule has 6 heteroatoms. The number of carbonyl (C=O) groups excluding carboxylic acids is 1. The van der Waals surface area contributed by atoms with E-state index in [4.69, 9.17) is 10.9 Å². The first-order valence-corrected chi connectivity index (χ1v) is 5.92. The number of hydrogen-bond acceptors (Lipinski definition) is 4. The van der Waals surface area contributed by atoms with Crippen LogP contribution in [0.2, 0.25) is 0 Å². The third-order valence-corrected chi connectivity index (χ3v) is 3.66. The van der Waals surface area contributed by atoms with Gasteiger partial charge in [0.1, 0.15) is 5.54 Å². The molecule has 1 saturated carbocycles. The van der Waals surface area contributed by atoms with Crippen molar-refractivity contribution in [2.75, 3.05) is 7.11 Å². The smallest absolute Gasteiger partial charge is 0.407 e.